The van der Waals surface area contributed by atoms with Gasteiger partial charge in [-0.3, -0.25) is 0 Å². The highest BCUT2D eigenvalue weighted by molar-refractivity contribution is 7.99. The van der Waals surface area contributed by atoms with Crippen molar-refractivity contribution in [1.29, 1.82) is 0 Å². The van der Waals surface area contributed by atoms with Gasteiger partial charge in [0.15, 0.2) is 0 Å². The summed E-state index contributed by atoms with van der Waals surface area (Å²) in [6, 6.07) is 0. The molecule has 0 aromatic heterocycles. The summed E-state index contributed by atoms with van der Waals surface area (Å²) in [6.45, 7) is 4.98. The second-order valence-electron chi connectivity index (χ2n) is 2.57. The molecule has 0 aromatic carbocycles. The lowest BCUT2D eigenvalue weighted by Crippen LogP contribution is -2.05. The second kappa shape index (κ2) is 8.69. The molecule has 0 aliphatic carbocycles. The fourth-order valence-corrected chi connectivity index (χ4v) is 1.66. The number of thioether (sulfide) groups is 1. The highest BCUT2D eigenvalue weighted by Crippen LogP contribution is 2.03. The zero-order valence-electron chi connectivity index (χ0n) is 7.31. The largest absolute Gasteiger partial charge is 0.378 e. The van der Waals surface area contributed by atoms with E-state index in [4.69, 9.17) is 16.3 Å². The number of ether oxygens (including phenoxy) is 1. The van der Waals surface area contributed by atoms with Gasteiger partial charge in [-0.1, -0.05) is 0 Å². The van der Waals surface area contributed by atoms with Crippen LogP contribution in [0.3, 0.4) is 0 Å². The predicted octanol–water partition coefficient (Wildman–Crippen LogP) is 2.77. The van der Waals surface area contributed by atoms with Gasteiger partial charge in [0, 0.05) is 11.6 Å². The molecular formula is C8H17ClOS. The van der Waals surface area contributed by atoms with Crippen LogP contribution in [0.2, 0.25) is 0 Å². The summed E-state index contributed by atoms with van der Waals surface area (Å²) >= 11 is 7.43. The van der Waals surface area contributed by atoms with Crippen molar-refractivity contribution in [2.75, 3.05) is 24.0 Å². The third-order valence-electron chi connectivity index (χ3n) is 1.10. The Labute approximate surface area is 78.8 Å². The summed E-state index contributed by atoms with van der Waals surface area (Å²) in [7, 11) is 0. The Morgan fingerprint density at radius 3 is 2.64 bits per heavy atom. The zero-order chi connectivity index (χ0) is 8.53. The molecule has 0 heterocycles. The average Bonchev–Trinajstić information content (AvgIpc) is 1.96. The van der Waals surface area contributed by atoms with Crippen LogP contribution in [0.5, 0.6) is 0 Å². The first kappa shape index (κ1) is 11.6. The Kier molecular flexibility index (Phi) is 9.17. The molecule has 68 valence electrons. The molecule has 0 aliphatic heterocycles. The summed E-state index contributed by atoms with van der Waals surface area (Å²) < 4.78 is 5.37. The van der Waals surface area contributed by atoms with Crippen LogP contribution in [0.4, 0.5) is 0 Å². The van der Waals surface area contributed by atoms with E-state index in [-0.39, 0.29) is 0 Å². The lowest BCUT2D eigenvalue weighted by molar-refractivity contribution is 0.0920. The molecule has 0 bridgehead atoms. The molecule has 0 amide bonds. The topological polar surface area (TPSA) is 9.23 Å². The lowest BCUT2D eigenvalue weighted by Gasteiger charge is -2.06. The third kappa shape index (κ3) is 10.6. The van der Waals surface area contributed by atoms with Gasteiger partial charge in [0.05, 0.1) is 12.7 Å². The Bertz CT molecular complexity index is 78.5. The molecule has 0 spiro atoms. The van der Waals surface area contributed by atoms with E-state index in [1.54, 1.807) is 0 Å². The summed E-state index contributed by atoms with van der Waals surface area (Å²) in [5.74, 6) is 3.03. The fourth-order valence-electron chi connectivity index (χ4n) is 0.601. The summed E-state index contributed by atoms with van der Waals surface area (Å²) in [5, 5.41) is 0. The van der Waals surface area contributed by atoms with Crippen LogP contribution in [0.1, 0.15) is 20.3 Å². The molecule has 0 rings (SSSR count). The first-order chi connectivity index (χ1) is 5.27. The molecule has 0 radical (unpaired) electrons. The Morgan fingerprint density at radius 2 is 2.09 bits per heavy atom. The number of alkyl halides is 1. The first-order valence-electron chi connectivity index (χ1n) is 4.02. The minimum atomic E-state index is 0.364. The van der Waals surface area contributed by atoms with Crippen molar-refractivity contribution in [3.63, 3.8) is 0 Å². The Hall–Kier alpha value is 0.600. The molecule has 3 heteroatoms. The third-order valence-corrected chi connectivity index (χ3v) is 2.40. The minimum absolute atomic E-state index is 0.364. The van der Waals surface area contributed by atoms with Crippen LogP contribution in [0.25, 0.3) is 0 Å². The molecule has 0 N–H and O–H groups in total. The van der Waals surface area contributed by atoms with E-state index in [1.165, 1.54) is 0 Å². The quantitative estimate of drug-likeness (QED) is 0.458. The summed E-state index contributed by atoms with van der Waals surface area (Å²) in [5.41, 5.74) is 0. The molecule has 0 aliphatic rings. The van der Waals surface area contributed by atoms with E-state index in [0.29, 0.717) is 6.10 Å². The van der Waals surface area contributed by atoms with Crippen LogP contribution < -0.4 is 0 Å². The highest BCUT2D eigenvalue weighted by Gasteiger charge is 1.92. The number of halogens is 1. The van der Waals surface area contributed by atoms with Crippen LogP contribution in [0.15, 0.2) is 0 Å². The smallest absolute Gasteiger partial charge is 0.0560 e. The molecule has 0 unspecified atom stereocenters. The number of rotatable bonds is 7. The van der Waals surface area contributed by atoms with Gasteiger partial charge < -0.3 is 4.74 Å². The summed E-state index contributed by atoms with van der Waals surface area (Å²) in [6.07, 6.45) is 1.47. The Balaban J connectivity index is 2.80. The first-order valence-corrected chi connectivity index (χ1v) is 5.71. The van der Waals surface area contributed by atoms with Gasteiger partial charge in [-0.25, -0.2) is 0 Å². The maximum absolute atomic E-state index is 5.52. The van der Waals surface area contributed by atoms with Crippen molar-refractivity contribution in [1.82, 2.24) is 0 Å². The number of hydrogen-bond donors (Lipinski definition) is 0. The normalized spacial score (nSPS) is 10.9. The lowest BCUT2D eigenvalue weighted by atomic mass is 10.5. The van der Waals surface area contributed by atoms with E-state index < -0.39 is 0 Å². The SMILES string of the molecule is CC(C)OCCSCCCCl. The van der Waals surface area contributed by atoms with Gasteiger partial charge in [-0.05, 0) is 26.0 Å². The van der Waals surface area contributed by atoms with Crippen molar-refractivity contribution in [2.45, 2.75) is 26.4 Å². The van der Waals surface area contributed by atoms with Crippen molar-refractivity contribution < 1.29 is 4.74 Å². The zero-order valence-corrected chi connectivity index (χ0v) is 8.88. The van der Waals surface area contributed by atoms with Gasteiger partial charge in [-0.15, -0.1) is 11.6 Å². The summed E-state index contributed by atoms with van der Waals surface area (Å²) in [4.78, 5) is 0. The Morgan fingerprint density at radius 1 is 1.36 bits per heavy atom. The predicted molar refractivity (Wildman–Crippen MR) is 53.8 cm³/mol. The van der Waals surface area contributed by atoms with Gasteiger partial charge >= 0.3 is 0 Å². The molecule has 0 saturated heterocycles. The van der Waals surface area contributed by atoms with Crippen molar-refractivity contribution in [2.24, 2.45) is 0 Å². The monoisotopic (exact) mass is 196 g/mol. The molecule has 0 saturated carbocycles. The van der Waals surface area contributed by atoms with Gasteiger partial charge in [0.1, 0.15) is 0 Å². The van der Waals surface area contributed by atoms with Crippen LogP contribution in [0, 0.1) is 0 Å². The van der Waals surface area contributed by atoms with Gasteiger partial charge in [-0.2, -0.15) is 11.8 Å². The van der Waals surface area contributed by atoms with E-state index in [0.717, 1.165) is 30.4 Å². The van der Waals surface area contributed by atoms with E-state index >= 15 is 0 Å². The van der Waals surface area contributed by atoms with Crippen LogP contribution in [-0.4, -0.2) is 30.1 Å². The maximum atomic E-state index is 5.52. The van der Waals surface area contributed by atoms with E-state index in [9.17, 15) is 0 Å². The second-order valence-corrected chi connectivity index (χ2v) is 4.18. The van der Waals surface area contributed by atoms with Crippen LogP contribution in [-0.2, 0) is 4.74 Å². The number of hydrogen-bond acceptors (Lipinski definition) is 2. The van der Waals surface area contributed by atoms with Crippen molar-refractivity contribution in [3.8, 4) is 0 Å². The molecular weight excluding hydrogens is 180 g/mol. The molecule has 1 nitrogen and oxygen atoms in total. The van der Waals surface area contributed by atoms with Crippen molar-refractivity contribution in [3.05, 3.63) is 0 Å². The van der Waals surface area contributed by atoms with Crippen LogP contribution >= 0.6 is 23.4 Å². The van der Waals surface area contributed by atoms with Crippen molar-refractivity contribution >= 4 is 23.4 Å². The highest BCUT2D eigenvalue weighted by atomic mass is 35.5. The van der Waals surface area contributed by atoms with E-state index in [1.807, 2.05) is 11.8 Å². The molecule has 0 fully saturated rings. The maximum Gasteiger partial charge on any atom is 0.0560 e. The average molecular weight is 197 g/mol. The van der Waals surface area contributed by atoms with Gasteiger partial charge in [0.25, 0.3) is 0 Å². The minimum Gasteiger partial charge on any atom is -0.378 e. The molecule has 0 atom stereocenters. The molecule has 0 aromatic rings. The van der Waals surface area contributed by atoms with Gasteiger partial charge in [0.2, 0.25) is 0 Å². The molecule has 11 heavy (non-hydrogen) atoms. The van der Waals surface area contributed by atoms with E-state index in [2.05, 4.69) is 13.8 Å². The fraction of sp³-hybridized carbons (Fsp3) is 1.00. The standard InChI is InChI=1S/C8H17ClOS/c1-8(2)10-5-7-11-6-3-4-9/h8H,3-7H2,1-2H3.